The highest BCUT2D eigenvalue weighted by Gasteiger charge is 2.28. The molecule has 1 aliphatic heterocycles. The summed E-state index contributed by atoms with van der Waals surface area (Å²) in [5.74, 6) is 0.867. The summed E-state index contributed by atoms with van der Waals surface area (Å²) < 4.78 is 14.1. The zero-order valence-corrected chi connectivity index (χ0v) is 17.4. The van der Waals surface area contributed by atoms with Crippen LogP contribution in [0.4, 0.5) is 10.2 Å². The van der Waals surface area contributed by atoms with E-state index in [0.717, 1.165) is 5.56 Å². The van der Waals surface area contributed by atoms with Crippen molar-refractivity contribution in [1.29, 1.82) is 0 Å². The minimum Gasteiger partial charge on any atom is -0.507 e. The Morgan fingerprint density at radius 1 is 0.938 bits per heavy atom. The molecule has 0 aliphatic carbocycles. The van der Waals surface area contributed by atoms with Gasteiger partial charge in [0.25, 0.3) is 0 Å². The van der Waals surface area contributed by atoms with Crippen molar-refractivity contribution in [2.75, 3.05) is 18.0 Å². The van der Waals surface area contributed by atoms with E-state index in [2.05, 4.69) is 9.88 Å². The number of benzene rings is 3. The summed E-state index contributed by atoms with van der Waals surface area (Å²) in [6.07, 6.45) is 1.39. The maximum atomic E-state index is 14.1. The first-order valence-corrected chi connectivity index (χ1v) is 10.7. The van der Waals surface area contributed by atoms with Crippen LogP contribution in [-0.4, -0.2) is 33.9 Å². The van der Waals surface area contributed by atoms with Crippen LogP contribution >= 0.6 is 0 Å². The summed E-state index contributed by atoms with van der Waals surface area (Å²) in [5.41, 5.74) is 1.87. The van der Waals surface area contributed by atoms with Crippen LogP contribution < -0.4 is 4.90 Å². The van der Waals surface area contributed by atoms with Gasteiger partial charge < -0.3 is 10.0 Å². The molecule has 160 valence electrons. The quantitative estimate of drug-likeness (QED) is 0.451. The lowest BCUT2D eigenvalue weighted by Crippen LogP contribution is -2.37. The number of carbonyl (C=O) groups is 1. The summed E-state index contributed by atoms with van der Waals surface area (Å²) in [6.45, 7) is 1.26. The van der Waals surface area contributed by atoms with Crippen molar-refractivity contribution in [2.45, 2.75) is 12.8 Å². The molecule has 4 aromatic rings. The van der Waals surface area contributed by atoms with E-state index in [9.17, 15) is 14.3 Å². The maximum Gasteiger partial charge on any atom is 0.166 e. The Kier molecular flexibility index (Phi) is 5.27. The number of carbonyl (C=O) groups excluding carboxylic acids is 1. The molecule has 0 radical (unpaired) electrons. The Morgan fingerprint density at radius 3 is 2.41 bits per heavy atom. The van der Waals surface area contributed by atoms with Gasteiger partial charge in [-0.2, -0.15) is 0 Å². The van der Waals surface area contributed by atoms with Crippen molar-refractivity contribution in [3.8, 4) is 17.1 Å². The molecule has 0 saturated carbocycles. The lowest BCUT2D eigenvalue weighted by molar-refractivity contribution is 0.0900. The monoisotopic (exact) mass is 427 g/mol. The van der Waals surface area contributed by atoms with E-state index < -0.39 is 0 Å². The van der Waals surface area contributed by atoms with E-state index in [-0.39, 0.29) is 23.3 Å². The molecule has 1 aromatic heterocycles. The number of Topliss-reactive ketones (excluding diaryl/α,β-unsaturated/α-hetero) is 1. The molecule has 5 rings (SSSR count). The number of phenols is 1. The Balaban J connectivity index is 1.48. The summed E-state index contributed by atoms with van der Waals surface area (Å²) in [6, 6.07) is 20.7. The summed E-state index contributed by atoms with van der Waals surface area (Å²) in [4.78, 5) is 24.2. The third kappa shape index (κ3) is 3.80. The number of fused-ring (bicyclic) bond motifs is 1. The van der Waals surface area contributed by atoms with E-state index in [0.29, 0.717) is 54.0 Å². The molecule has 1 aliphatic rings. The van der Waals surface area contributed by atoms with Gasteiger partial charge in [0.15, 0.2) is 11.6 Å². The van der Waals surface area contributed by atoms with Crippen molar-refractivity contribution in [3.05, 3.63) is 84.2 Å². The van der Waals surface area contributed by atoms with Gasteiger partial charge in [0.1, 0.15) is 17.4 Å². The van der Waals surface area contributed by atoms with Crippen molar-refractivity contribution in [2.24, 2.45) is 5.92 Å². The first-order valence-electron chi connectivity index (χ1n) is 10.7. The highest BCUT2D eigenvalue weighted by Crippen LogP contribution is 2.34. The van der Waals surface area contributed by atoms with Crippen LogP contribution in [0.5, 0.6) is 5.75 Å². The fourth-order valence-electron chi connectivity index (χ4n) is 4.30. The van der Waals surface area contributed by atoms with Crippen LogP contribution in [0, 0.1) is 11.7 Å². The summed E-state index contributed by atoms with van der Waals surface area (Å²) in [7, 11) is 0. The molecule has 6 heteroatoms. The van der Waals surface area contributed by atoms with Gasteiger partial charge >= 0.3 is 0 Å². The molecule has 32 heavy (non-hydrogen) atoms. The van der Waals surface area contributed by atoms with Crippen LogP contribution in [-0.2, 0) is 0 Å². The average Bonchev–Trinajstić information content (AvgIpc) is 2.84. The molecule has 2 heterocycles. The molecule has 0 unspecified atom stereocenters. The molecule has 1 N–H and O–H groups in total. The van der Waals surface area contributed by atoms with Crippen molar-refractivity contribution in [1.82, 2.24) is 9.97 Å². The highest BCUT2D eigenvalue weighted by molar-refractivity contribution is 5.98. The van der Waals surface area contributed by atoms with Crippen LogP contribution in [0.15, 0.2) is 72.8 Å². The van der Waals surface area contributed by atoms with Crippen LogP contribution in [0.25, 0.3) is 22.3 Å². The van der Waals surface area contributed by atoms with Gasteiger partial charge in [-0.1, -0.05) is 42.5 Å². The molecular weight excluding hydrogens is 405 g/mol. The molecule has 0 amide bonds. The Bertz CT molecular complexity index is 1290. The van der Waals surface area contributed by atoms with Crippen LogP contribution in [0.3, 0.4) is 0 Å². The number of phenolic OH excluding ortho intramolecular Hbond substituents is 1. The minimum atomic E-state index is -0.355. The molecule has 1 saturated heterocycles. The maximum absolute atomic E-state index is 14.1. The van der Waals surface area contributed by atoms with Crippen molar-refractivity contribution in [3.63, 3.8) is 0 Å². The van der Waals surface area contributed by atoms with Gasteiger partial charge in [0.05, 0.1) is 11.1 Å². The Labute approximate surface area is 185 Å². The number of aromatic nitrogens is 2. The second-order valence-corrected chi connectivity index (χ2v) is 8.04. The van der Waals surface area contributed by atoms with Gasteiger partial charge in [-0.3, -0.25) is 4.79 Å². The Hall–Kier alpha value is -3.80. The average molecular weight is 427 g/mol. The van der Waals surface area contributed by atoms with Gasteiger partial charge in [0.2, 0.25) is 0 Å². The van der Waals surface area contributed by atoms with Crippen molar-refractivity contribution < 1.29 is 14.3 Å². The second kappa shape index (κ2) is 8.38. The number of rotatable bonds is 4. The molecule has 0 atom stereocenters. The lowest BCUT2D eigenvalue weighted by atomic mass is 9.89. The second-order valence-electron chi connectivity index (χ2n) is 8.04. The Morgan fingerprint density at radius 2 is 1.66 bits per heavy atom. The number of piperidine rings is 1. The normalized spacial score (nSPS) is 14.6. The highest BCUT2D eigenvalue weighted by atomic mass is 19.1. The predicted molar refractivity (Wildman–Crippen MR) is 122 cm³/mol. The zero-order chi connectivity index (χ0) is 22.1. The summed E-state index contributed by atoms with van der Waals surface area (Å²) >= 11 is 0. The largest absolute Gasteiger partial charge is 0.507 e. The van der Waals surface area contributed by atoms with Gasteiger partial charge in [-0.15, -0.1) is 0 Å². The van der Waals surface area contributed by atoms with E-state index in [1.165, 1.54) is 12.1 Å². The van der Waals surface area contributed by atoms with Crippen LogP contribution in [0.1, 0.15) is 23.2 Å². The molecule has 3 aromatic carbocycles. The van der Waals surface area contributed by atoms with Crippen molar-refractivity contribution >= 4 is 22.5 Å². The lowest BCUT2D eigenvalue weighted by Gasteiger charge is -2.33. The summed E-state index contributed by atoms with van der Waals surface area (Å²) in [5, 5.41) is 10.9. The first kappa shape index (κ1) is 20.1. The fraction of sp³-hybridized carbons (Fsp3) is 0.192. The molecule has 0 spiro atoms. The minimum absolute atomic E-state index is 0.0453. The standard InChI is InChI=1S/C26H22FN3O2/c27-19-10-11-22-21(16-19)26(29-25(28-22)20-8-4-5-9-23(20)31)30-14-12-18(13-15-30)24(32)17-6-2-1-3-7-17/h1-11,16,18,31H,12-15H2. The molecular formula is C26H22FN3O2. The number of hydrogen-bond donors (Lipinski definition) is 1. The van der Waals surface area contributed by atoms with E-state index in [4.69, 9.17) is 4.98 Å². The number of anilines is 1. The molecule has 0 bridgehead atoms. The number of para-hydroxylation sites is 1. The number of hydrogen-bond acceptors (Lipinski definition) is 5. The number of aromatic hydroxyl groups is 1. The zero-order valence-electron chi connectivity index (χ0n) is 17.4. The first-order chi connectivity index (χ1) is 15.6. The van der Waals surface area contributed by atoms with E-state index in [1.54, 1.807) is 24.3 Å². The third-order valence-corrected chi connectivity index (χ3v) is 6.01. The fourth-order valence-corrected chi connectivity index (χ4v) is 4.30. The van der Waals surface area contributed by atoms with Gasteiger partial charge in [0, 0.05) is 30.0 Å². The number of ketones is 1. The molecule has 5 nitrogen and oxygen atoms in total. The molecule has 1 fully saturated rings. The number of nitrogens with zero attached hydrogens (tertiary/aromatic N) is 3. The van der Waals surface area contributed by atoms with Crippen LogP contribution in [0.2, 0.25) is 0 Å². The predicted octanol–water partition coefficient (Wildman–Crippen LogP) is 5.24. The van der Waals surface area contributed by atoms with E-state index >= 15 is 0 Å². The van der Waals surface area contributed by atoms with E-state index in [1.807, 2.05) is 36.4 Å². The third-order valence-electron chi connectivity index (χ3n) is 6.01. The smallest absolute Gasteiger partial charge is 0.166 e. The topological polar surface area (TPSA) is 66.3 Å². The van der Waals surface area contributed by atoms with Gasteiger partial charge in [-0.05, 0) is 43.2 Å². The number of halogens is 1. The SMILES string of the molecule is O=C(c1ccccc1)C1CCN(c2nc(-c3ccccc3O)nc3ccc(F)cc23)CC1. The van der Waals surface area contributed by atoms with Gasteiger partial charge in [-0.25, -0.2) is 14.4 Å².